The maximum absolute atomic E-state index is 12.9. The first kappa shape index (κ1) is 28.4. The van der Waals surface area contributed by atoms with Crippen molar-refractivity contribution in [2.24, 2.45) is 10.1 Å². The van der Waals surface area contributed by atoms with Crippen molar-refractivity contribution < 1.29 is 19.0 Å². The van der Waals surface area contributed by atoms with Gasteiger partial charge in [-0.2, -0.15) is 0 Å². The topological polar surface area (TPSA) is 72.7 Å². The van der Waals surface area contributed by atoms with E-state index in [0.717, 1.165) is 28.0 Å². The van der Waals surface area contributed by atoms with Crippen LogP contribution in [-0.2, 0) is 17.8 Å². The van der Waals surface area contributed by atoms with Crippen LogP contribution in [0.2, 0.25) is 0 Å². The molecule has 0 spiro atoms. The van der Waals surface area contributed by atoms with Crippen LogP contribution in [0.3, 0.4) is 0 Å². The molecule has 0 radical (unpaired) electrons. The Kier molecular flexibility index (Phi) is 8.74. The van der Waals surface area contributed by atoms with Crippen LogP contribution in [0.1, 0.15) is 38.7 Å². The number of carbonyl (C=O) groups excluding carboxylic acids is 1. The molecule has 0 bridgehead atoms. The molecule has 0 unspecified atom stereocenters. The van der Waals surface area contributed by atoms with E-state index in [0.29, 0.717) is 29.7 Å². The summed E-state index contributed by atoms with van der Waals surface area (Å²) in [7, 11) is 1.67. The lowest BCUT2D eigenvalue weighted by Crippen LogP contribution is -2.38. The van der Waals surface area contributed by atoms with Gasteiger partial charge in [-0.3, -0.25) is 5.01 Å². The normalized spacial score (nSPS) is 15.3. The summed E-state index contributed by atoms with van der Waals surface area (Å²) in [6.45, 7) is 0.676. The van der Waals surface area contributed by atoms with E-state index in [9.17, 15) is 4.79 Å². The monoisotopic (exact) mass is 581 g/mol. The summed E-state index contributed by atoms with van der Waals surface area (Å²) in [6.07, 6.45) is 0. The molecule has 0 aromatic heterocycles. The standard InChI is InChI=1S/C37H31N3O4/c1-42-32-23-13-12-22-31(32)26-40-34(27-15-5-2-6-16-27)36(44-35(39-40)28-17-7-3-8-18-28)38-25-30-21-11-14-24-33(30)43-37(41)29-19-9-4-10-20-29/h2-24,34H,25-26H2,1H3/t34-/m1/s1. The summed E-state index contributed by atoms with van der Waals surface area (Å²) in [6, 6.07) is 43.6. The molecule has 1 aliphatic rings. The number of hydrogen-bond acceptors (Lipinski definition) is 7. The lowest BCUT2D eigenvalue weighted by atomic mass is 10.0. The molecule has 5 aromatic carbocycles. The predicted molar refractivity (Wildman–Crippen MR) is 171 cm³/mol. The highest BCUT2D eigenvalue weighted by atomic mass is 16.5. The van der Waals surface area contributed by atoms with Crippen molar-refractivity contribution in [3.8, 4) is 11.5 Å². The minimum atomic E-state index is -0.428. The molecule has 7 nitrogen and oxygen atoms in total. The number of ether oxygens (including phenoxy) is 3. The molecule has 0 saturated carbocycles. The van der Waals surface area contributed by atoms with E-state index in [1.54, 1.807) is 37.4 Å². The van der Waals surface area contributed by atoms with Crippen LogP contribution in [0, 0.1) is 0 Å². The summed E-state index contributed by atoms with van der Waals surface area (Å²) >= 11 is 0. The van der Waals surface area contributed by atoms with Crippen molar-refractivity contribution >= 4 is 17.8 Å². The van der Waals surface area contributed by atoms with Crippen molar-refractivity contribution in [1.29, 1.82) is 0 Å². The molecule has 0 saturated heterocycles. The van der Waals surface area contributed by atoms with Crippen molar-refractivity contribution in [1.82, 2.24) is 5.01 Å². The maximum Gasteiger partial charge on any atom is 0.343 e. The summed E-state index contributed by atoms with van der Waals surface area (Å²) in [5.74, 6) is 1.71. The lowest BCUT2D eigenvalue weighted by Gasteiger charge is -2.35. The highest BCUT2D eigenvalue weighted by Crippen LogP contribution is 2.33. The van der Waals surface area contributed by atoms with Gasteiger partial charge in [-0.15, -0.1) is 5.10 Å². The first-order valence-corrected chi connectivity index (χ1v) is 14.3. The number of methoxy groups -OCH3 is 1. The van der Waals surface area contributed by atoms with Crippen LogP contribution in [0.25, 0.3) is 0 Å². The molecule has 6 rings (SSSR count). The predicted octanol–water partition coefficient (Wildman–Crippen LogP) is 7.45. The van der Waals surface area contributed by atoms with Crippen molar-refractivity contribution in [2.45, 2.75) is 19.1 Å². The second-order valence-corrected chi connectivity index (χ2v) is 10.1. The van der Waals surface area contributed by atoms with Gasteiger partial charge in [-0.25, -0.2) is 9.79 Å². The van der Waals surface area contributed by atoms with Gasteiger partial charge < -0.3 is 14.2 Å². The van der Waals surface area contributed by atoms with Crippen molar-refractivity contribution in [3.05, 3.63) is 167 Å². The van der Waals surface area contributed by atoms with E-state index in [2.05, 4.69) is 0 Å². The number of para-hydroxylation sites is 2. The van der Waals surface area contributed by atoms with Crippen LogP contribution in [0.5, 0.6) is 11.5 Å². The number of hydrogen-bond donors (Lipinski definition) is 0. The number of esters is 1. The van der Waals surface area contributed by atoms with Gasteiger partial charge in [0.05, 0.1) is 25.8 Å². The SMILES string of the molecule is COc1ccccc1CN1N=C(c2ccccc2)OC(=NCc2ccccc2OC(=O)c2ccccc2)[C@H]1c1ccccc1. The van der Waals surface area contributed by atoms with Gasteiger partial charge in [0.25, 0.3) is 0 Å². The maximum atomic E-state index is 12.9. The molecule has 5 aromatic rings. The number of benzene rings is 5. The Labute approximate surface area is 256 Å². The van der Waals surface area contributed by atoms with E-state index in [-0.39, 0.29) is 6.54 Å². The molecule has 218 valence electrons. The Hall–Kier alpha value is -5.69. The molecule has 1 atom stereocenters. The van der Waals surface area contributed by atoms with Gasteiger partial charge in [0, 0.05) is 16.7 Å². The number of nitrogens with zero attached hydrogens (tertiary/aromatic N) is 3. The van der Waals surface area contributed by atoms with Crippen molar-refractivity contribution in [2.75, 3.05) is 7.11 Å². The fraction of sp³-hybridized carbons (Fsp3) is 0.108. The van der Waals surface area contributed by atoms with Crippen LogP contribution < -0.4 is 9.47 Å². The third kappa shape index (κ3) is 6.52. The quantitative estimate of drug-likeness (QED) is 0.134. The van der Waals surface area contributed by atoms with Gasteiger partial charge in [-0.1, -0.05) is 103 Å². The van der Waals surface area contributed by atoms with Gasteiger partial charge in [0.15, 0.2) is 0 Å². The number of rotatable bonds is 9. The Balaban J connectivity index is 1.39. The first-order valence-electron chi connectivity index (χ1n) is 14.3. The van der Waals surface area contributed by atoms with E-state index in [4.69, 9.17) is 24.3 Å². The number of hydrazone groups is 1. The zero-order valence-electron chi connectivity index (χ0n) is 24.2. The average Bonchev–Trinajstić information content (AvgIpc) is 3.09. The van der Waals surface area contributed by atoms with E-state index in [1.807, 2.05) is 114 Å². The second kappa shape index (κ2) is 13.5. The molecule has 44 heavy (non-hydrogen) atoms. The van der Waals surface area contributed by atoms with E-state index >= 15 is 0 Å². The third-order valence-electron chi connectivity index (χ3n) is 7.20. The van der Waals surface area contributed by atoms with Gasteiger partial charge >= 0.3 is 5.97 Å². The number of carbonyl (C=O) groups is 1. The molecule has 7 heteroatoms. The summed E-state index contributed by atoms with van der Waals surface area (Å²) in [5, 5.41) is 6.98. The van der Waals surface area contributed by atoms with Gasteiger partial charge in [0.2, 0.25) is 11.8 Å². The minimum absolute atomic E-state index is 0.224. The van der Waals surface area contributed by atoms with Crippen LogP contribution in [-0.4, -0.2) is 29.9 Å². The zero-order valence-corrected chi connectivity index (χ0v) is 24.2. The van der Waals surface area contributed by atoms with Crippen LogP contribution >= 0.6 is 0 Å². The molecule has 0 N–H and O–H groups in total. The first-order chi connectivity index (χ1) is 21.7. The highest BCUT2D eigenvalue weighted by molar-refractivity contribution is 6.04. The van der Waals surface area contributed by atoms with Gasteiger partial charge in [0.1, 0.15) is 17.5 Å². The fourth-order valence-corrected chi connectivity index (χ4v) is 5.01. The lowest BCUT2D eigenvalue weighted by molar-refractivity contribution is 0.0733. The van der Waals surface area contributed by atoms with Crippen LogP contribution in [0.4, 0.5) is 0 Å². The Morgan fingerprint density at radius 1 is 0.750 bits per heavy atom. The smallest absolute Gasteiger partial charge is 0.343 e. The molecule has 0 fully saturated rings. The van der Waals surface area contributed by atoms with Crippen molar-refractivity contribution in [3.63, 3.8) is 0 Å². The molecular weight excluding hydrogens is 550 g/mol. The highest BCUT2D eigenvalue weighted by Gasteiger charge is 2.34. The Bertz CT molecular complexity index is 1770. The van der Waals surface area contributed by atoms with Gasteiger partial charge in [-0.05, 0) is 42.0 Å². The third-order valence-corrected chi connectivity index (χ3v) is 7.20. The largest absolute Gasteiger partial charge is 0.496 e. The number of aliphatic imine (C=N–C) groups is 1. The minimum Gasteiger partial charge on any atom is -0.496 e. The average molecular weight is 582 g/mol. The van der Waals surface area contributed by atoms with Crippen LogP contribution in [0.15, 0.2) is 150 Å². The molecule has 1 heterocycles. The Morgan fingerprint density at radius 2 is 1.34 bits per heavy atom. The molecule has 0 aliphatic carbocycles. The molecule has 1 aliphatic heterocycles. The Morgan fingerprint density at radius 3 is 2.05 bits per heavy atom. The zero-order chi connectivity index (χ0) is 30.1. The second-order valence-electron chi connectivity index (χ2n) is 10.1. The van der Waals surface area contributed by atoms with E-state index in [1.165, 1.54) is 0 Å². The summed E-state index contributed by atoms with van der Waals surface area (Å²) in [5.41, 5.74) is 4.00. The molecule has 0 amide bonds. The summed E-state index contributed by atoms with van der Waals surface area (Å²) in [4.78, 5) is 17.9. The summed E-state index contributed by atoms with van der Waals surface area (Å²) < 4.78 is 18.0. The van der Waals surface area contributed by atoms with E-state index < -0.39 is 12.0 Å². The fourth-order valence-electron chi connectivity index (χ4n) is 5.01. The molecular formula is C37H31N3O4.